The number of nitrogens with zero attached hydrogens (tertiary/aromatic N) is 3. The number of fused-ring (bicyclic) bond motifs is 1. The van der Waals surface area contributed by atoms with Gasteiger partial charge >= 0.3 is 0 Å². The van der Waals surface area contributed by atoms with Crippen molar-refractivity contribution in [2.75, 3.05) is 7.11 Å². The second-order valence-electron chi connectivity index (χ2n) is 5.34. The maximum Gasteiger partial charge on any atom is 0.279 e. The Morgan fingerprint density at radius 1 is 1.38 bits per heavy atom. The fourth-order valence-corrected chi connectivity index (χ4v) is 3.54. The third kappa shape index (κ3) is 3.40. The van der Waals surface area contributed by atoms with Crippen LogP contribution in [0.5, 0.6) is 5.75 Å². The Labute approximate surface area is 152 Å². The van der Waals surface area contributed by atoms with E-state index in [1.54, 1.807) is 41.0 Å². The number of hydrogen-bond acceptors (Lipinski definition) is 5. The molecule has 0 saturated heterocycles. The summed E-state index contributed by atoms with van der Waals surface area (Å²) < 4.78 is 7.61. The lowest BCUT2D eigenvalue weighted by atomic mass is 10.2. The maximum absolute atomic E-state index is 12.5. The van der Waals surface area contributed by atoms with Crippen LogP contribution < -0.4 is 9.54 Å². The first kappa shape index (κ1) is 17.6. The minimum absolute atomic E-state index is 0.00447. The van der Waals surface area contributed by atoms with Crippen LogP contribution in [-0.4, -0.2) is 22.5 Å². The molecule has 0 bridgehead atoms. The number of nitro benzene ring substituents is 1. The van der Waals surface area contributed by atoms with Crippen LogP contribution in [0.15, 0.2) is 60.1 Å². The molecule has 0 aliphatic carbocycles. The molecule has 0 fully saturated rings. The normalized spacial score (nSPS) is 11.5. The number of methoxy groups -OCH3 is 1. The molecule has 0 radical (unpaired) electrons. The molecule has 0 atom stereocenters. The average Bonchev–Trinajstić information content (AvgIpc) is 2.98. The summed E-state index contributed by atoms with van der Waals surface area (Å²) in [6, 6.07) is 11.3. The standard InChI is InChI=1S/C18H15N3O4S/c1-3-9-20-15-8-7-13(21(23)24)11-16(15)26-18(20)19-17(22)12-5-4-6-14(10-12)25-2/h3-8,10-11H,1,9H2,2H3. The first-order valence-electron chi connectivity index (χ1n) is 7.65. The highest BCUT2D eigenvalue weighted by atomic mass is 32.1. The van der Waals surface area contributed by atoms with Gasteiger partial charge in [0, 0.05) is 24.2 Å². The van der Waals surface area contributed by atoms with Gasteiger partial charge < -0.3 is 9.30 Å². The van der Waals surface area contributed by atoms with Crippen LogP contribution in [0.2, 0.25) is 0 Å². The molecule has 0 N–H and O–H groups in total. The Hall–Kier alpha value is -3.26. The number of carbonyl (C=O) groups excluding carboxylic acids is 1. The number of non-ortho nitro benzene ring substituents is 1. The molecule has 26 heavy (non-hydrogen) atoms. The molecule has 0 aliphatic heterocycles. The van der Waals surface area contributed by atoms with Crippen LogP contribution >= 0.6 is 11.3 Å². The quantitative estimate of drug-likeness (QED) is 0.391. The molecule has 1 amide bonds. The van der Waals surface area contributed by atoms with Crippen molar-refractivity contribution < 1.29 is 14.5 Å². The van der Waals surface area contributed by atoms with Crippen molar-refractivity contribution >= 4 is 33.1 Å². The average molecular weight is 369 g/mol. The molecule has 3 rings (SSSR count). The first-order valence-corrected chi connectivity index (χ1v) is 8.47. The summed E-state index contributed by atoms with van der Waals surface area (Å²) in [5.41, 5.74) is 1.16. The number of nitro groups is 1. The lowest BCUT2D eigenvalue weighted by Gasteiger charge is -2.02. The monoisotopic (exact) mass is 369 g/mol. The van der Waals surface area contributed by atoms with Gasteiger partial charge in [-0.3, -0.25) is 14.9 Å². The van der Waals surface area contributed by atoms with Crippen molar-refractivity contribution in [3.05, 3.63) is 75.6 Å². The summed E-state index contributed by atoms with van der Waals surface area (Å²) in [5.74, 6) is 0.153. The number of allylic oxidation sites excluding steroid dienone is 1. The minimum atomic E-state index is -0.449. The van der Waals surface area contributed by atoms with Gasteiger partial charge in [0.05, 0.1) is 22.2 Å². The van der Waals surface area contributed by atoms with Gasteiger partial charge in [0.2, 0.25) is 0 Å². The molecule has 0 saturated carbocycles. The SMILES string of the molecule is C=CCn1c(=NC(=O)c2cccc(OC)c2)sc2cc([N+](=O)[O-])ccc21. The zero-order valence-electron chi connectivity index (χ0n) is 13.9. The fraction of sp³-hybridized carbons (Fsp3) is 0.111. The predicted molar refractivity (Wildman–Crippen MR) is 99.6 cm³/mol. The van der Waals surface area contributed by atoms with E-state index in [2.05, 4.69) is 11.6 Å². The number of carbonyl (C=O) groups is 1. The molecule has 2 aromatic carbocycles. The zero-order valence-corrected chi connectivity index (χ0v) is 14.7. The van der Waals surface area contributed by atoms with Gasteiger partial charge in [0.25, 0.3) is 11.6 Å². The van der Waals surface area contributed by atoms with Crippen molar-refractivity contribution in [1.82, 2.24) is 4.57 Å². The summed E-state index contributed by atoms with van der Waals surface area (Å²) in [5, 5.41) is 11.0. The number of rotatable bonds is 5. The molecule has 7 nitrogen and oxygen atoms in total. The molecular weight excluding hydrogens is 354 g/mol. The zero-order chi connectivity index (χ0) is 18.7. The van der Waals surface area contributed by atoms with E-state index in [4.69, 9.17) is 4.74 Å². The summed E-state index contributed by atoms with van der Waals surface area (Å²) in [7, 11) is 1.53. The Bertz CT molecular complexity index is 1080. The summed E-state index contributed by atoms with van der Waals surface area (Å²) in [6.45, 7) is 4.15. The van der Waals surface area contributed by atoms with E-state index >= 15 is 0 Å². The van der Waals surface area contributed by atoms with Crippen LogP contribution in [0.4, 0.5) is 5.69 Å². The number of ether oxygens (including phenoxy) is 1. The van der Waals surface area contributed by atoms with Gasteiger partial charge in [-0.15, -0.1) is 6.58 Å². The van der Waals surface area contributed by atoms with Gasteiger partial charge in [-0.2, -0.15) is 4.99 Å². The number of amides is 1. The number of hydrogen-bond donors (Lipinski definition) is 0. The highest BCUT2D eigenvalue weighted by Crippen LogP contribution is 2.23. The highest BCUT2D eigenvalue weighted by molar-refractivity contribution is 7.16. The van der Waals surface area contributed by atoms with Gasteiger partial charge in [-0.1, -0.05) is 23.5 Å². The highest BCUT2D eigenvalue weighted by Gasteiger charge is 2.13. The van der Waals surface area contributed by atoms with Crippen molar-refractivity contribution in [1.29, 1.82) is 0 Å². The lowest BCUT2D eigenvalue weighted by Crippen LogP contribution is -2.16. The summed E-state index contributed by atoms with van der Waals surface area (Å²) >= 11 is 1.22. The molecule has 8 heteroatoms. The van der Waals surface area contributed by atoms with Crippen LogP contribution in [0.3, 0.4) is 0 Å². The predicted octanol–water partition coefficient (Wildman–Crippen LogP) is 3.55. The second kappa shape index (κ2) is 7.32. The van der Waals surface area contributed by atoms with E-state index in [1.165, 1.54) is 30.6 Å². The molecule has 3 aromatic rings. The van der Waals surface area contributed by atoms with E-state index < -0.39 is 10.8 Å². The Morgan fingerprint density at radius 2 is 2.19 bits per heavy atom. The third-order valence-corrected chi connectivity index (χ3v) is 4.74. The van der Waals surface area contributed by atoms with E-state index in [0.717, 1.165) is 5.52 Å². The van der Waals surface area contributed by atoms with Crippen molar-refractivity contribution in [3.8, 4) is 5.75 Å². The smallest absolute Gasteiger partial charge is 0.279 e. The Morgan fingerprint density at radius 3 is 2.88 bits per heavy atom. The van der Waals surface area contributed by atoms with E-state index in [0.29, 0.717) is 27.4 Å². The van der Waals surface area contributed by atoms with Crippen LogP contribution in [0.25, 0.3) is 10.2 Å². The van der Waals surface area contributed by atoms with Gasteiger partial charge in [0.1, 0.15) is 5.75 Å². The molecular formula is C18H15N3O4S. The van der Waals surface area contributed by atoms with E-state index in [-0.39, 0.29) is 5.69 Å². The summed E-state index contributed by atoms with van der Waals surface area (Å²) in [4.78, 5) is 27.7. The van der Waals surface area contributed by atoms with E-state index in [1.807, 2.05) is 0 Å². The minimum Gasteiger partial charge on any atom is -0.497 e. The molecule has 132 valence electrons. The van der Waals surface area contributed by atoms with Gasteiger partial charge in [-0.05, 0) is 24.3 Å². The van der Waals surface area contributed by atoms with Gasteiger partial charge in [-0.25, -0.2) is 0 Å². The van der Waals surface area contributed by atoms with Gasteiger partial charge in [0.15, 0.2) is 4.80 Å². The molecule has 0 unspecified atom stereocenters. The van der Waals surface area contributed by atoms with Crippen molar-refractivity contribution in [2.24, 2.45) is 4.99 Å². The van der Waals surface area contributed by atoms with E-state index in [9.17, 15) is 14.9 Å². The Balaban J connectivity index is 2.13. The van der Waals surface area contributed by atoms with Crippen LogP contribution in [-0.2, 0) is 6.54 Å². The molecule has 0 spiro atoms. The van der Waals surface area contributed by atoms with Crippen LogP contribution in [0, 0.1) is 10.1 Å². The lowest BCUT2D eigenvalue weighted by molar-refractivity contribution is -0.384. The van der Waals surface area contributed by atoms with Crippen LogP contribution in [0.1, 0.15) is 10.4 Å². The number of aromatic nitrogens is 1. The fourth-order valence-electron chi connectivity index (χ4n) is 2.47. The molecule has 1 heterocycles. The number of benzene rings is 2. The number of thiazole rings is 1. The largest absolute Gasteiger partial charge is 0.497 e. The topological polar surface area (TPSA) is 86.7 Å². The van der Waals surface area contributed by atoms with Crippen molar-refractivity contribution in [2.45, 2.75) is 6.54 Å². The first-order chi connectivity index (χ1) is 12.5. The molecule has 0 aliphatic rings. The summed E-state index contributed by atoms with van der Waals surface area (Å²) in [6.07, 6.45) is 1.68. The third-order valence-electron chi connectivity index (χ3n) is 3.70. The molecule has 1 aromatic heterocycles. The van der Waals surface area contributed by atoms with Crippen molar-refractivity contribution in [3.63, 3.8) is 0 Å². The Kier molecular flexibility index (Phi) is 4.94. The maximum atomic E-state index is 12.5. The second-order valence-corrected chi connectivity index (χ2v) is 6.35.